The van der Waals surface area contributed by atoms with Gasteiger partial charge in [-0.2, -0.15) is 5.10 Å². The van der Waals surface area contributed by atoms with Gasteiger partial charge in [-0.25, -0.2) is 10.4 Å². The van der Waals surface area contributed by atoms with Crippen LogP contribution < -0.4 is 20.5 Å². The number of aryl methyl sites for hydroxylation is 1. The van der Waals surface area contributed by atoms with Gasteiger partial charge in [0.05, 0.1) is 20.4 Å². The Kier molecular flexibility index (Phi) is 4.62. The third-order valence-electron chi connectivity index (χ3n) is 2.86. The number of ether oxygens (including phenoxy) is 2. The Balaban J connectivity index is 2.19. The van der Waals surface area contributed by atoms with E-state index in [9.17, 15) is 9.90 Å². The lowest BCUT2D eigenvalue weighted by Gasteiger charge is -2.09. The first kappa shape index (κ1) is 15.4. The maximum atomic E-state index is 11.4. The van der Waals surface area contributed by atoms with Crippen molar-refractivity contribution in [2.75, 3.05) is 19.6 Å². The number of hydrazone groups is 1. The van der Waals surface area contributed by atoms with Crippen LogP contribution in [0.15, 0.2) is 28.2 Å². The van der Waals surface area contributed by atoms with E-state index in [0.717, 1.165) is 0 Å². The Morgan fingerprint density at radius 1 is 1.32 bits per heavy atom. The number of methoxy groups -OCH3 is 2. The van der Waals surface area contributed by atoms with Crippen LogP contribution in [0.25, 0.3) is 0 Å². The average molecular weight is 304 g/mol. The number of aromatic nitrogens is 2. The second-order valence-electron chi connectivity index (χ2n) is 4.39. The van der Waals surface area contributed by atoms with Gasteiger partial charge in [0.1, 0.15) is 0 Å². The van der Waals surface area contributed by atoms with Crippen molar-refractivity contribution >= 4 is 12.2 Å². The van der Waals surface area contributed by atoms with Gasteiger partial charge in [-0.15, -0.1) is 0 Å². The van der Waals surface area contributed by atoms with Gasteiger partial charge in [0.2, 0.25) is 11.7 Å². The van der Waals surface area contributed by atoms with Crippen molar-refractivity contribution in [2.45, 2.75) is 6.92 Å². The number of H-pyrrole nitrogens is 1. The third kappa shape index (κ3) is 3.35. The smallest absolute Gasteiger partial charge is 0.255 e. The Morgan fingerprint density at radius 3 is 2.50 bits per heavy atom. The Morgan fingerprint density at radius 2 is 1.95 bits per heavy atom. The number of rotatable bonds is 5. The van der Waals surface area contributed by atoms with E-state index in [4.69, 9.17) is 9.47 Å². The highest BCUT2D eigenvalue weighted by atomic mass is 16.5. The number of nitrogens with zero attached hydrogens (tertiary/aromatic N) is 2. The van der Waals surface area contributed by atoms with Gasteiger partial charge in [0.15, 0.2) is 11.5 Å². The molecular formula is C14H16N4O4. The normalized spacial score (nSPS) is 10.7. The summed E-state index contributed by atoms with van der Waals surface area (Å²) in [5, 5.41) is 13.8. The van der Waals surface area contributed by atoms with E-state index in [0.29, 0.717) is 11.1 Å². The van der Waals surface area contributed by atoms with Crippen molar-refractivity contribution in [3.63, 3.8) is 0 Å². The molecule has 0 aliphatic heterocycles. The molecule has 22 heavy (non-hydrogen) atoms. The number of aromatic amines is 1. The topological polar surface area (TPSA) is 109 Å². The molecule has 2 rings (SSSR count). The molecule has 0 amide bonds. The fourth-order valence-electron chi connectivity index (χ4n) is 1.67. The lowest BCUT2D eigenvalue weighted by molar-refractivity contribution is 0.340. The maximum absolute atomic E-state index is 11.4. The molecular weight excluding hydrogens is 288 g/mol. The summed E-state index contributed by atoms with van der Waals surface area (Å²) in [7, 11) is 2.88. The van der Waals surface area contributed by atoms with Gasteiger partial charge >= 0.3 is 0 Å². The van der Waals surface area contributed by atoms with E-state index in [2.05, 4.69) is 20.5 Å². The largest absolute Gasteiger partial charge is 0.502 e. The molecule has 0 saturated heterocycles. The van der Waals surface area contributed by atoms with Crippen molar-refractivity contribution in [3.05, 3.63) is 39.8 Å². The molecule has 1 aromatic heterocycles. The summed E-state index contributed by atoms with van der Waals surface area (Å²) >= 11 is 0. The molecule has 0 radical (unpaired) electrons. The van der Waals surface area contributed by atoms with Crippen LogP contribution in [0, 0.1) is 6.92 Å². The van der Waals surface area contributed by atoms with Crippen LogP contribution in [0.2, 0.25) is 0 Å². The van der Waals surface area contributed by atoms with Gasteiger partial charge in [0.25, 0.3) is 5.56 Å². The first-order chi connectivity index (χ1) is 10.5. The zero-order valence-corrected chi connectivity index (χ0v) is 12.4. The van der Waals surface area contributed by atoms with Crippen molar-refractivity contribution in [1.82, 2.24) is 9.97 Å². The van der Waals surface area contributed by atoms with Gasteiger partial charge in [0, 0.05) is 17.3 Å². The van der Waals surface area contributed by atoms with Crippen LogP contribution in [-0.2, 0) is 0 Å². The molecule has 0 spiro atoms. The van der Waals surface area contributed by atoms with Crippen molar-refractivity contribution < 1.29 is 14.6 Å². The molecule has 8 nitrogen and oxygen atoms in total. The van der Waals surface area contributed by atoms with Crippen LogP contribution in [0.1, 0.15) is 11.1 Å². The van der Waals surface area contributed by atoms with E-state index in [1.807, 2.05) is 0 Å². The van der Waals surface area contributed by atoms with E-state index in [-0.39, 0.29) is 28.8 Å². The molecule has 8 heteroatoms. The van der Waals surface area contributed by atoms with Gasteiger partial charge in [-0.3, -0.25) is 9.78 Å². The fraction of sp³-hybridized carbons (Fsp3) is 0.214. The van der Waals surface area contributed by atoms with Crippen molar-refractivity contribution in [3.8, 4) is 17.2 Å². The van der Waals surface area contributed by atoms with Crippen LogP contribution in [0.4, 0.5) is 5.95 Å². The second kappa shape index (κ2) is 6.61. The standard InChI is InChI=1S/C14H16N4O4/c1-8-6-15-14(17-13(8)20)18-16-7-9-4-10(21-2)12(19)11(5-9)22-3/h4-7,19H,1-3H3,(H2,15,17,18,20)/b16-7-. The molecule has 0 aliphatic rings. The van der Waals surface area contributed by atoms with Gasteiger partial charge in [-0.05, 0) is 19.1 Å². The van der Waals surface area contributed by atoms with Crippen LogP contribution in [-0.4, -0.2) is 35.5 Å². The lowest BCUT2D eigenvalue weighted by Crippen LogP contribution is -2.12. The number of hydrogen-bond donors (Lipinski definition) is 3. The number of phenolic OH excluding ortho intramolecular Hbond substituents is 1. The fourth-order valence-corrected chi connectivity index (χ4v) is 1.67. The van der Waals surface area contributed by atoms with Crippen molar-refractivity contribution in [1.29, 1.82) is 0 Å². The maximum Gasteiger partial charge on any atom is 0.255 e. The highest BCUT2D eigenvalue weighted by Gasteiger charge is 2.10. The molecule has 0 unspecified atom stereocenters. The number of hydrogen-bond acceptors (Lipinski definition) is 7. The third-order valence-corrected chi connectivity index (χ3v) is 2.86. The summed E-state index contributed by atoms with van der Waals surface area (Å²) < 4.78 is 10.1. The van der Waals surface area contributed by atoms with E-state index >= 15 is 0 Å². The minimum atomic E-state index is -0.235. The summed E-state index contributed by atoms with van der Waals surface area (Å²) in [5.74, 6) is 0.675. The van der Waals surface area contributed by atoms with E-state index in [1.54, 1.807) is 19.1 Å². The quantitative estimate of drug-likeness (QED) is 0.566. The monoisotopic (exact) mass is 304 g/mol. The van der Waals surface area contributed by atoms with E-state index in [1.165, 1.54) is 26.6 Å². The Labute approximate surface area is 126 Å². The zero-order valence-electron chi connectivity index (χ0n) is 12.4. The first-order valence-electron chi connectivity index (χ1n) is 6.35. The number of phenols is 1. The molecule has 2 aromatic rings. The summed E-state index contributed by atoms with van der Waals surface area (Å²) in [6, 6.07) is 3.18. The van der Waals surface area contributed by atoms with Crippen LogP contribution in [0.3, 0.4) is 0 Å². The molecule has 0 atom stereocenters. The first-order valence-corrected chi connectivity index (χ1v) is 6.35. The highest BCUT2D eigenvalue weighted by molar-refractivity contribution is 5.82. The average Bonchev–Trinajstić information content (AvgIpc) is 2.52. The molecule has 0 fully saturated rings. The Bertz CT molecular complexity index is 730. The minimum absolute atomic E-state index is 0.0837. The molecule has 3 N–H and O–H groups in total. The number of nitrogens with one attached hydrogen (secondary N) is 2. The van der Waals surface area contributed by atoms with Crippen LogP contribution >= 0.6 is 0 Å². The van der Waals surface area contributed by atoms with Crippen LogP contribution in [0.5, 0.6) is 17.2 Å². The molecule has 1 heterocycles. The SMILES string of the molecule is COc1cc(/C=N\Nc2ncc(C)c(=O)[nH]2)cc(OC)c1O. The summed E-state index contributed by atoms with van der Waals surface area (Å²) in [6.45, 7) is 1.66. The predicted octanol–water partition coefficient (Wildman–Crippen LogP) is 1.25. The zero-order chi connectivity index (χ0) is 16.1. The van der Waals surface area contributed by atoms with E-state index < -0.39 is 0 Å². The molecule has 116 valence electrons. The predicted molar refractivity (Wildman–Crippen MR) is 82.0 cm³/mol. The number of anilines is 1. The molecule has 0 bridgehead atoms. The summed E-state index contributed by atoms with van der Waals surface area (Å²) in [6.07, 6.45) is 2.92. The van der Waals surface area contributed by atoms with Gasteiger partial charge < -0.3 is 14.6 Å². The lowest BCUT2D eigenvalue weighted by atomic mass is 10.2. The molecule has 1 aromatic carbocycles. The second-order valence-corrected chi connectivity index (χ2v) is 4.39. The number of benzene rings is 1. The summed E-state index contributed by atoms with van der Waals surface area (Å²) in [5.41, 5.74) is 3.52. The summed E-state index contributed by atoms with van der Waals surface area (Å²) in [4.78, 5) is 17.9. The molecule has 0 aliphatic carbocycles. The number of aromatic hydroxyl groups is 1. The minimum Gasteiger partial charge on any atom is -0.502 e. The molecule has 0 saturated carbocycles. The van der Waals surface area contributed by atoms with Crippen molar-refractivity contribution in [2.24, 2.45) is 5.10 Å². The Hall–Kier alpha value is -3.03. The highest BCUT2D eigenvalue weighted by Crippen LogP contribution is 2.36. The van der Waals surface area contributed by atoms with Gasteiger partial charge in [-0.1, -0.05) is 0 Å².